The Kier molecular flexibility index (Phi) is 8.36. The summed E-state index contributed by atoms with van der Waals surface area (Å²) in [6.45, 7) is 7.90. The zero-order valence-corrected chi connectivity index (χ0v) is 15.5. The smallest absolute Gasteiger partial charge is 0.310 e. The molecule has 21 heavy (non-hydrogen) atoms. The van der Waals surface area contributed by atoms with Crippen molar-refractivity contribution in [3.05, 3.63) is 0 Å². The van der Waals surface area contributed by atoms with E-state index in [4.69, 9.17) is 9.73 Å². The van der Waals surface area contributed by atoms with E-state index in [2.05, 4.69) is 17.1 Å². The van der Waals surface area contributed by atoms with Gasteiger partial charge in [-0.05, 0) is 45.4 Å². The molecule has 0 aromatic carbocycles. The average molecular weight is 409 g/mol. The predicted molar refractivity (Wildman–Crippen MR) is 95.0 cm³/mol. The zero-order valence-electron chi connectivity index (χ0n) is 13.1. The number of carbonyl (C=O) groups is 1. The maximum atomic E-state index is 11.9. The number of likely N-dealkylation sites (tertiary alicyclic amines) is 1. The first-order valence-corrected chi connectivity index (χ1v) is 7.94. The summed E-state index contributed by atoms with van der Waals surface area (Å²) in [6, 6.07) is 0. The highest BCUT2D eigenvalue weighted by Crippen LogP contribution is 2.29. The monoisotopic (exact) mass is 409 g/mol. The number of piperidine rings is 1. The van der Waals surface area contributed by atoms with Crippen molar-refractivity contribution in [3.63, 3.8) is 0 Å². The van der Waals surface area contributed by atoms with Crippen LogP contribution in [0.1, 0.15) is 39.5 Å². The van der Waals surface area contributed by atoms with Crippen LogP contribution in [-0.2, 0) is 9.53 Å². The lowest BCUT2D eigenvalue weighted by Crippen LogP contribution is -2.48. The highest BCUT2D eigenvalue weighted by atomic mass is 127. The van der Waals surface area contributed by atoms with Crippen LogP contribution in [0.25, 0.3) is 0 Å². The van der Waals surface area contributed by atoms with Crippen LogP contribution in [0.4, 0.5) is 0 Å². The summed E-state index contributed by atoms with van der Waals surface area (Å²) in [5, 5.41) is 3.35. The molecule has 0 radical (unpaired) electrons. The molecule has 2 fully saturated rings. The second-order valence-electron chi connectivity index (χ2n) is 5.68. The van der Waals surface area contributed by atoms with E-state index in [0.29, 0.717) is 6.61 Å². The third kappa shape index (κ3) is 6.00. The molecule has 6 heteroatoms. The van der Waals surface area contributed by atoms with E-state index < -0.39 is 0 Å². The van der Waals surface area contributed by atoms with E-state index in [0.717, 1.165) is 50.9 Å². The summed E-state index contributed by atoms with van der Waals surface area (Å²) >= 11 is 0. The predicted octanol–water partition coefficient (Wildman–Crippen LogP) is 2.26. The van der Waals surface area contributed by atoms with Gasteiger partial charge in [-0.3, -0.25) is 9.79 Å². The van der Waals surface area contributed by atoms with Gasteiger partial charge in [-0.2, -0.15) is 0 Å². The summed E-state index contributed by atoms with van der Waals surface area (Å²) in [5.41, 5.74) is 0. The number of nitrogens with zero attached hydrogens (tertiary/aromatic N) is 2. The van der Waals surface area contributed by atoms with Crippen LogP contribution < -0.4 is 5.32 Å². The number of nitrogens with one attached hydrogen (secondary N) is 1. The van der Waals surface area contributed by atoms with Crippen molar-refractivity contribution in [2.45, 2.75) is 39.5 Å². The summed E-state index contributed by atoms with van der Waals surface area (Å²) in [6.07, 6.45) is 4.58. The molecule has 0 spiro atoms. The topological polar surface area (TPSA) is 53.9 Å². The van der Waals surface area contributed by atoms with E-state index in [1.54, 1.807) is 0 Å². The van der Waals surface area contributed by atoms with Crippen molar-refractivity contribution in [1.82, 2.24) is 10.2 Å². The third-order valence-corrected chi connectivity index (χ3v) is 3.87. The SMILES string of the molecule is CCNC(=NCC1CC1)N1CCCC(C(=O)OCC)C1.I. The number of ether oxygens (including phenoxy) is 1. The fraction of sp³-hybridized carbons (Fsp3) is 0.867. The van der Waals surface area contributed by atoms with Crippen molar-refractivity contribution >= 4 is 35.9 Å². The first-order valence-electron chi connectivity index (χ1n) is 7.94. The maximum absolute atomic E-state index is 11.9. The van der Waals surface area contributed by atoms with Crippen LogP contribution in [0, 0.1) is 11.8 Å². The molecule has 1 aliphatic heterocycles. The van der Waals surface area contributed by atoms with Gasteiger partial charge in [0.05, 0.1) is 12.5 Å². The van der Waals surface area contributed by atoms with Crippen LogP contribution in [0.5, 0.6) is 0 Å². The Morgan fingerprint density at radius 2 is 2.10 bits per heavy atom. The summed E-state index contributed by atoms with van der Waals surface area (Å²) in [4.78, 5) is 18.8. The molecule has 1 saturated carbocycles. The van der Waals surface area contributed by atoms with Crippen molar-refractivity contribution < 1.29 is 9.53 Å². The van der Waals surface area contributed by atoms with Crippen molar-refractivity contribution in [1.29, 1.82) is 0 Å². The highest BCUT2D eigenvalue weighted by Gasteiger charge is 2.29. The number of rotatable bonds is 5. The molecule has 0 aromatic heterocycles. The molecular weight excluding hydrogens is 381 g/mol. The fourth-order valence-corrected chi connectivity index (χ4v) is 2.56. The van der Waals surface area contributed by atoms with E-state index >= 15 is 0 Å². The van der Waals surface area contributed by atoms with Crippen LogP contribution in [0.15, 0.2) is 4.99 Å². The quantitative estimate of drug-likeness (QED) is 0.328. The molecule has 2 aliphatic rings. The van der Waals surface area contributed by atoms with Crippen LogP contribution >= 0.6 is 24.0 Å². The molecule has 0 amide bonds. The first kappa shape index (κ1) is 18.5. The molecule has 1 aliphatic carbocycles. The van der Waals surface area contributed by atoms with Crippen molar-refractivity contribution in [2.75, 3.05) is 32.8 Å². The molecule has 5 nitrogen and oxygen atoms in total. The Morgan fingerprint density at radius 3 is 2.71 bits per heavy atom. The van der Waals surface area contributed by atoms with E-state index in [1.807, 2.05) is 6.92 Å². The Balaban J connectivity index is 0.00000220. The molecule has 0 aromatic rings. The molecule has 122 valence electrons. The molecular formula is C15H28IN3O2. The number of hydrogen-bond acceptors (Lipinski definition) is 3. The Hall–Kier alpha value is -0.530. The van der Waals surface area contributed by atoms with Gasteiger partial charge >= 0.3 is 5.97 Å². The first-order chi connectivity index (χ1) is 9.74. The lowest BCUT2D eigenvalue weighted by Gasteiger charge is -2.34. The van der Waals surface area contributed by atoms with Crippen molar-refractivity contribution in [2.24, 2.45) is 16.8 Å². The Morgan fingerprint density at radius 1 is 1.33 bits per heavy atom. The van der Waals surface area contributed by atoms with Crippen molar-refractivity contribution in [3.8, 4) is 0 Å². The minimum absolute atomic E-state index is 0. The Bertz CT molecular complexity index is 359. The lowest BCUT2D eigenvalue weighted by molar-refractivity contribution is -0.149. The third-order valence-electron chi connectivity index (χ3n) is 3.87. The average Bonchev–Trinajstić information content (AvgIpc) is 3.28. The molecule has 0 bridgehead atoms. The van der Waals surface area contributed by atoms with Gasteiger partial charge in [0.15, 0.2) is 5.96 Å². The van der Waals surface area contributed by atoms with Crippen LogP contribution in [0.2, 0.25) is 0 Å². The molecule has 1 heterocycles. The minimum Gasteiger partial charge on any atom is -0.466 e. The lowest BCUT2D eigenvalue weighted by atomic mass is 9.98. The second kappa shape index (κ2) is 9.48. The van der Waals surface area contributed by atoms with Gasteiger partial charge < -0.3 is 15.0 Å². The number of halogens is 1. The number of aliphatic imine (C=N–C) groups is 1. The van der Waals surface area contributed by atoms with Gasteiger partial charge in [0.2, 0.25) is 0 Å². The number of guanidine groups is 1. The van der Waals surface area contributed by atoms with E-state index in [9.17, 15) is 4.79 Å². The van der Waals surface area contributed by atoms with Crippen LogP contribution in [-0.4, -0.2) is 49.6 Å². The summed E-state index contributed by atoms with van der Waals surface area (Å²) in [5.74, 6) is 1.69. The number of hydrogen-bond donors (Lipinski definition) is 1. The van der Waals surface area contributed by atoms with Gasteiger partial charge in [-0.25, -0.2) is 0 Å². The normalized spacial score (nSPS) is 22.5. The molecule has 1 atom stereocenters. The maximum Gasteiger partial charge on any atom is 0.310 e. The van der Waals surface area contributed by atoms with Gasteiger partial charge in [-0.15, -0.1) is 24.0 Å². The van der Waals surface area contributed by atoms with Crippen LogP contribution in [0.3, 0.4) is 0 Å². The molecule has 1 unspecified atom stereocenters. The van der Waals surface area contributed by atoms with Gasteiger partial charge in [-0.1, -0.05) is 0 Å². The van der Waals surface area contributed by atoms with Gasteiger partial charge in [0.25, 0.3) is 0 Å². The van der Waals surface area contributed by atoms with Gasteiger partial charge in [0, 0.05) is 26.2 Å². The molecule has 1 saturated heterocycles. The van der Waals surface area contributed by atoms with E-state index in [1.165, 1.54) is 12.8 Å². The molecule has 2 rings (SSSR count). The highest BCUT2D eigenvalue weighted by molar-refractivity contribution is 14.0. The fourth-order valence-electron chi connectivity index (χ4n) is 2.56. The molecule has 1 N–H and O–H groups in total. The second-order valence-corrected chi connectivity index (χ2v) is 5.68. The standard InChI is InChI=1S/C15H27N3O2.HI/c1-3-16-15(17-10-12-7-8-12)18-9-5-6-13(11-18)14(19)20-4-2;/h12-13H,3-11H2,1-2H3,(H,16,17);1H. The minimum atomic E-state index is -0.0600. The largest absolute Gasteiger partial charge is 0.466 e. The van der Waals surface area contributed by atoms with E-state index in [-0.39, 0.29) is 35.9 Å². The number of carbonyl (C=O) groups excluding carboxylic acids is 1. The van der Waals surface area contributed by atoms with Gasteiger partial charge in [0.1, 0.15) is 0 Å². The number of esters is 1. The summed E-state index contributed by atoms with van der Waals surface area (Å²) < 4.78 is 5.15. The zero-order chi connectivity index (χ0) is 14.4. The summed E-state index contributed by atoms with van der Waals surface area (Å²) in [7, 11) is 0. The Labute approximate surface area is 144 Å².